The van der Waals surface area contributed by atoms with E-state index in [1.807, 2.05) is 0 Å². The number of anilines is 1. The van der Waals surface area contributed by atoms with Crippen LogP contribution in [0.1, 0.15) is 98.4 Å². The molecule has 1 amide bonds. The summed E-state index contributed by atoms with van der Waals surface area (Å²) in [5.74, 6) is -1.40. The molecule has 2 heterocycles. The molecule has 1 saturated heterocycles. The number of rotatable bonds is 8. The lowest BCUT2D eigenvalue weighted by Gasteiger charge is -2.39. The lowest BCUT2D eigenvalue weighted by Crippen LogP contribution is -2.37. The topological polar surface area (TPSA) is 119 Å². The number of nitrogens with zero attached hydrogens (tertiary/aromatic N) is 1. The van der Waals surface area contributed by atoms with Crippen molar-refractivity contribution >= 4 is 44.2 Å². The number of carbonyl (C=O) groups is 3. The number of amides is 1. The first kappa shape index (κ1) is 31.7. The third kappa shape index (κ3) is 6.40. The van der Waals surface area contributed by atoms with Crippen LogP contribution >= 0.6 is 11.3 Å². The van der Waals surface area contributed by atoms with E-state index in [0.717, 1.165) is 49.0 Å². The van der Waals surface area contributed by atoms with Crippen LogP contribution in [0.2, 0.25) is 0 Å². The second-order valence-corrected chi connectivity index (χ2v) is 16.6. The number of thiophene rings is 1. The second kappa shape index (κ2) is 11.6. The van der Waals surface area contributed by atoms with Gasteiger partial charge in [0.25, 0.3) is 5.91 Å². The molecule has 11 heteroatoms. The highest BCUT2D eigenvalue weighted by atomic mass is 32.2. The van der Waals surface area contributed by atoms with Gasteiger partial charge in [-0.05, 0) is 92.9 Å². The highest BCUT2D eigenvalue weighted by molar-refractivity contribution is 7.89. The summed E-state index contributed by atoms with van der Waals surface area (Å²) >= 11 is 1.36. The summed E-state index contributed by atoms with van der Waals surface area (Å²) < 4.78 is 39.8. The Morgan fingerprint density at radius 3 is 2.63 bits per heavy atom. The summed E-state index contributed by atoms with van der Waals surface area (Å²) in [5, 5.41) is 3.18. The maximum Gasteiger partial charge on any atom is 0.341 e. The molecule has 1 aromatic heterocycles. The van der Waals surface area contributed by atoms with Crippen LogP contribution < -0.4 is 5.32 Å². The smallest absolute Gasteiger partial charge is 0.341 e. The molecule has 4 atom stereocenters. The van der Waals surface area contributed by atoms with Crippen molar-refractivity contribution in [3.63, 3.8) is 0 Å². The Hall–Kier alpha value is -2.76. The van der Waals surface area contributed by atoms with Crippen molar-refractivity contribution in [2.75, 3.05) is 18.5 Å². The predicted octanol–water partition coefficient (Wildman–Crippen LogP) is 5.82. The van der Waals surface area contributed by atoms with E-state index in [0.29, 0.717) is 23.0 Å². The van der Waals surface area contributed by atoms with Crippen LogP contribution in [0, 0.1) is 16.7 Å². The number of ether oxygens (including phenoxy) is 2. The molecule has 9 nitrogen and oxygen atoms in total. The van der Waals surface area contributed by atoms with Gasteiger partial charge in [-0.15, -0.1) is 11.3 Å². The van der Waals surface area contributed by atoms with Crippen molar-refractivity contribution in [2.24, 2.45) is 16.7 Å². The molecule has 1 saturated carbocycles. The van der Waals surface area contributed by atoms with Crippen LogP contribution in [0.15, 0.2) is 29.2 Å². The fraction of sp³-hybridized carbons (Fsp3) is 0.594. The van der Waals surface area contributed by atoms with Crippen LogP contribution in [-0.4, -0.2) is 55.9 Å². The zero-order valence-electron chi connectivity index (χ0n) is 25.8. The lowest BCUT2D eigenvalue weighted by atomic mass is 9.65. The van der Waals surface area contributed by atoms with E-state index in [-0.39, 0.29) is 33.9 Å². The van der Waals surface area contributed by atoms with Crippen molar-refractivity contribution in [1.29, 1.82) is 0 Å². The van der Waals surface area contributed by atoms with Crippen molar-refractivity contribution in [3.8, 4) is 0 Å². The van der Waals surface area contributed by atoms with E-state index in [1.54, 1.807) is 11.2 Å². The molecule has 1 aromatic carbocycles. The van der Waals surface area contributed by atoms with Crippen molar-refractivity contribution in [1.82, 2.24) is 4.31 Å². The Labute approximate surface area is 258 Å². The second-order valence-electron chi connectivity index (χ2n) is 13.6. The quantitative estimate of drug-likeness (QED) is 0.365. The van der Waals surface area contributed by atoms with Gasteiger partial charge in [0.15, 0.2) is 6.10 Å². The van der Waals surface area contributed by atoms with Crippen molar-refractivity contribution in [3.05, 3.63) is 45.8 Å². The summed E-state index contributed by atoms with van der Waals surface area (Å²) in [6.07, 6.45) is 3.89. The molecule has 234 valence electrons. The van der Waals surface area contributed by atoms with Gasteiger partial charge in [0.05, 0.1) is 22.6 Å². The maximum atomic E-state index is 13.7. The predicted molar refractivity (Wildman–Crippen MR) is 165 cm³/mol. The first-order valence-corrected chi connectivity index (χ1v) is 17.3. The summed E-state index contributed by atoms with van der Waals surface area (Å²) in [6.45, 7) is 12.5. The number of fused-ring (bicyclic) bond motifs is 3. The SMILES string of the molecule is CCOC(=O)c1c(NC(=O)[C@@H](C)OC(=O)c2cccc(S(=O)(=O)N3C[C@@]4(C)C[C@H]3CC(C)(C)C4)c2)sc2c1CC[C@@H](C)C2. The molecule has 1 aliphatic heterocycles. The molecule has 3 aliphatic rings. The van der Waals surface area contributed by atoms with E-state index in [1.165, 1.54) is 42.5 Å². The number of hydrogen-bond acceptors (Lipinski definition) is 8. The number of esters is 2. The first-order valence-electron chi connectivity index (χ1n) is 15.1. The molecular formula is C32H42N2O7S2. The number of hydrogen-bond donors (Lipinski definition) is 1. The number of benzene rings is 1. The lowest BCUT2D eigenvalue weighted by molar-refractivity contribution is -0.123. The molecule has 2 aliphatic carbocycles. The minimum Gasteiger partial charge on any atom is -0.462 e. The van der Waals surface area contributed by atoms with Gasteiger partial charge in [-0.2, -0.15) is 4.31 Å². The number of carbonyl (C=O) groups excluding carboxylic acids is 3. The zero-order chi connectivity index (χ0) is 31.3. The largest absolute Gasteiger partial charge is 0.462 e. The van der Waals surface area contributed by atoms with Gasteiger partial charge >= 0.3 is 11.9 Å². The highest BCUT2D eigenvalue weighted by Gasteiger charge is 2.53. The Bertz CT molecular complexity index is 1550. The molecule has 0 radical (unpaired) electrons. The molecule has 2 aromatic rings. The minimum atomic E-state index is -3.84. The van der Waals surface area contributed by atoms with Gasteiger partial charge in [0.1, 0.15) is 5.00 Å². The molecular weight excluding hydrogens is 588 g/mol. The normalized spacial score (nSPS) is 25.4. The van der Waals surface area contributed by atoms with Gasteiger partial charge in [-0.25, -0.2) is 18.0 Å². The summed E-state index contributed by atoms with van der Waals surface area (Å²) in [4.78, 5) is 40.1. The molecule has 2 bridgehead atoms. The number of sulfonamides is 1. The molecule has 2 fully saturated rings. The fourth-order valence-electron chi connectivity index (χ4n) is 7.36. The number of nitrogens with one attached hydrogen (secondary N) is 1. The van der Waals surface area contributed by atoms with Crippen LogP contribution in [0.5, 0.6) is 0 Å². The Morgan fingerprint density at radius 2 is 1.91 bits per heavy atom. The fourth-order valence-corrected chi connectivity index (χ4v) is 10.6. The standard InChI is InChI=1S/C32H42N2O7S2/c1-7-40-30(37)26-24-12-11-19(2)13-25(24)42-28(26)33-27(35)20(3)41-29(36)21-9-8-10-23(14-21)43(38,39)34-18-32(6)16-22(34)15-31(4,5)17-32/h8-10,14,19-20,22H,7,11-13,15-18H2,1-6H3,(H,33,35)/t19-,20-,22-,32+/m1/s1. The van der Waals surface area contributed by atoms with E-state index < -0.39 is 34.0 Å². The Morgan fingerprint density at radius 1 is 1.16 bits per heavy atom. The zero-order valence-corrected chi connectivity index (χ0v) is 27.5. The summed E-state index contributed by atoms with van der Waals surface area (Å²) in [7, 11) is -3.84. The van der Waals surface area contributed by atoms with Crippen LogP contribution in [0.25, 0.3) is 0 Å². The third-order valence-corrected chi connectivity index (χ3v) is 12.0. The molecule has 5 rings (SSSR count). The maximum absolute atomic E-state index is 13.7. The van der Waals surface area contributed by atoms with Crippen LogP contribution in [0.3, 0.4) is 0 Å². The average Bonchev–Trinajstić information content (AvgIpc) is 3.40. The van der Waals surface area contributed by atoms with E-state index in [9.17, 15) is 22.8 Å². The van der Waals surface area contributed by atoms with Crippen molar-refractivity contribution < 1.29 is 32.3 Å². The molecule has 0 unspecified atom stereocenters. The summed E-state index contributed by atoms with van der Waals surface area (Å²) in [5.41, 5.74) is 1.32. The van der Waals surface area contributed by atoms with Crippen molar-refractivity contribution in [2.45, 2.75) is 97.1 Å². The molecule has 43 heavy (non-hydrogen) atoms. The first-order chi connectivity index (χ1) is 20.1. The van der Waals surface area contributed by atoms with E-state index in [4.69, 9.17) is 9.47 Å². The molecule has 0 spiro atoms. The monoisotopic (exact) mass is 630 g/mol. The van der Waals surface area contributed by atoms with Gasteiger partial charge < -0.3 is 14.8 Å². The van der Waals surface area contributed by atoms with Crippen LogP contribution in [-0.2, 0) is 37.1 Å². The van der Waals surface area contributed by atoms with Gasteiger partial charge in [-0.1, -0.05) is 33.8 Å². The van der Waals surface area contributed by atoms with Gasteiger partial charge in [0, 0.05) is 17.5 Å². The highest BCUT2D eigenvalue weighted by Crippen LogP contribution is 2.53. The Kier molecular flexibility index (Phi) is 8.56. The minimum absolute atomic E-state index is 0.0329. The van der Waals surface area contributed by atoms with E-state index >= 15 is 0 Å². The molecule has 1 N–H and O–H groups in total. The van der Waals surface area contributed by atoms with Gasteiger partial charge in [-0.3, -0.25) is 4.79 Å². The van der Waals surface area contributed by atoms with E-state index in [2.05, 4.69) is 33.0 Å². The van der Waals surface area contributed by atoms with Gasteiger partial charge in [0.2, 0.25) is 10.0 Å². The third-order valence-electron chi connectivity index (χ3n) is 8.92. The summed E-state index contributed by atoms with van der Waals surface area (Å²) in [6, 6.07) is 5.74. The average molecular weight is 631 g/mol. The Balaban J connectivity index is 1.30. The van der Waals surface area contributed by atoms with Crippen LogP contribution in [0.4, 0.5) is 5.00 Å².